The molecule has 0 aromatic carbocycles. The van der Waals surface area contributed by atoms with Gasteiger partial charge in [0.25, 0.3) is 0 Å². The van der Waals surface area contributed by atoms with Crippen molar-refractivity contribution in [2.75, 3.05) is 11.5 Å². The average Bonchev–Trinajstić information content (AvgIpc) is 2.59. The minimum absolute atomic E-state index is 0.143. The molecule has 0 spiro atoms. The van der Waals surface area contributed by atoms with Crippen molar-refractivity contribution in [2.45, 2.75) is 19.1 Å². The quantitative estimate of drug-likeness (QED) is 0.666. The Hall–Kier alpha value is -0.560. The van der Waals surface area contributed by atoms with Crippen molar-refractivity contribution in [1.82, 2.24) is 0 Å². The minimum Gasteiger partial charge on any atom is -0.441 e. The molecule has 1 fully saturated rings. The zero-order valence-corrected chi connectivity index (χ0v) is 9.05. The van der Waals surface area contributed by atoms with E-state index in [1.165, 1.54) is 0 Å². The van der Waals surface area contributed by atoms with E-state index in [9.17, 15) is 8.42 Å². The number of hydrogen-bond acceptors (Lipinski definition) is 5. The molecule has 14 heavy (non-hydrogen) atoms. The first-order valence-corrected chi connectivity index (χ1v) is 6.60. The second kappa shape index (κ2) is 3.54. The lowest BCUT2D eigenvalue weighted by Crippen LogP contribution is -2.14. The summed E-state index contributed by atoms with van der Waals surface area (Å²) in [7, 11) is -2.81. The van der Waals surface area contributed by atoms with Crippen molar-refractivity contribution >= 4 is 27.2 Å². The van der Waals surface area contributed by atoms with E-state index >= 15 is 0 Å². The van der Waals surface area contributed by atoms with Gasteiger partial charge in [-0.15, -0.1) is 10.2 Å². The highest BCUT2D eigenvalue weighted by atomic mass is 32.2. The zero-order valence-electron chi connectivity index (χ0n) is 7.42. The second-order valence-electron chi connectivity index (χ2n) is 3.56. The molecule has 2 aliphatic heterocycles. The Bertz CT molecular complexity index is 376. The van der Waals surface area contributed by atoms with Crippen LogP contribution in [0.4, 0.5) is 0 Å². The van der Waals surface area contributed by atoms with Crippen molar-refractivity contribution in [2.24, 2.45) is 16.1 Å². The molecule has 0 N–H and O–H groups in total. The number of sulfone groups is 1. The van der Waals surface area contributed by atoms with Crippen LogP contribution in [0.3, 0.4) is 0 Å². The highest BCUT2D eigenvalue weighted by Crippen LogP contribution is 2.26. The van der Waals surface area contributed by atoms with E-state index in [0.717, 1.165) is 0 Å². The average molecular weight is 234 g/mol. The summed E-state index contributed by atoms with van der Waals surface area (Å²) in [5.41, 5.74) is 0. The van der Waals surface area contributed by atoms with Crippen LogP contribution < -0.4 is 0 Å². The largest absolute Gasteiger partial charge is 0.441 e. The lowest BCUT2D eigenvalue weighted by Gasteiger charge is -2.10. The molecule has 0 amide bonds. The second-order valence-corrected chi connectivity index (χ2v) is 6.14. The van der Waals surface area contributed by atoms with Gasteiger partial charge in [-0.25, -0.2) is 8.42 Å². The third-order valence-electron chi connectivity index (χ3n) is 2.37. The van der Waals surface area contributed by atoms with Gasteiger partial charge in [-0.2, -0.15) is 0 Å². The Morgan fingerprint density at radius 1 is 1.57 bits per heavy atom. The maximum absolute atomic E-state index is 11.2. The number of hydrogen-bond donors (Lipinski definition) is 0. The minimum atomic E-state index is -2.81. The molecule has 2 atom stereocenters. The Morgan fingerprint density at radius 2 is 2.36 bits per heavy atom. The molecule has 5 nitrogen and oxygen atoms in total. The molecule has 1 saturated heterocycles. The predicted octanol–water partition coefficient (Wildman–Crippen LogP) is 0.905. The summed E-state index contributed by atoms with van der Waals surface area (Å²) in [6, 6.07) is 0. The van der Waals surface area contributed by atoms with Gasteiger partial charge < -0.3 is 4.74 Å². The van der Waals surface area contributed by atoms with E-state index in [2.05, 4.69) is 22.4 Å². The highest BCUT2D eigenvalue weighted by molar-refractivity contribution is 7.91. The van der Waals surface area contributed by atoms with Crippen LogP contribution in [0.2, 0.25) is 0 Å². The van der Waals surface area contributed by atoms with Crippen LogP contribution in [0.15, 0.2) is 10.2 Å². The van der Waals surface area contributed by atoms with Crippen LogP contribution in [-0.4, -0.2) is 31.3 Å². The molecule has 0 bridgehead atoms. The van der Waals surface area contributed by atoms with Crippen LogP contribution in [0.1, 0.15) is 12.8 Å². The maximum Gasteiger partial charge on any atom is 0.304 e. The number of ether oxygens (including phenoxy) is 1. The number of rotatable bonds is 2. The molecule has 0 aliphatic carbocycles. The Labute approximate surface area is 87.5 Å². The fourth-order valence-electron chi connectivity index (χ4n) is 1.71. The van der Waals surface area contributed by atoms with Gasteiger partial charge in [0, 0.05) is 6.42 Å². The summed E-state index contributed by atoms with van der Waals surface area (Å²) >= 11 is 4.68. The summed E-state index contributed by atoms with van der Waals surface area (Å²) in [6.45, 7) is 0. The fraction of sp³-hybridized carbons (Fsp3) is 0.857. The van der Waals surface area contributed by atoms with Crippen LogP contribution in [-0.2, 0) is 14.6 Å². The summed E-state index contributed by atoms with van der Waals surface area (Å²) in [5.74, 6) is 0.672. The molecule has 0 aromatic heterocycles. The van der Waals surface area contributed by atoms with Gasteiger partial charge in [-0.1, -0.05) is 0 Å². The molecule has 2 heterocycles. The van der Waals surface area contributed by atoms with Crippen molar-refractivity contribution in [3.8, 4) is 0 Å². The molecule has 78 valence electrons. The molecule has 0 saturated carbocycles. The molecule has 2 rings (SSSR count). The third-order valence-corrected chi connectivity index (χ3v) is 4.38. The van der Waals surface area contributed by atoms with E-state index in [-0.39, 0.29) is 28.8 Å². The summed E-state index contributed by atoms with van der Waals surface area (Å²) < 4.78 is 27.4. The smallest absolute Gasteiger partial charge is 0.304 e. The van der Waals surface area contributed by atoms with Gasteiger partial charge in [-0.05, 0) is 24.6 Å². The van der Waals surface area contributed by atoms with E-state index < -0.39 is 9.84 Å². The maximum atomic E-state index is 11.2. The number of azo groups is 1. The molecular weight excluding hydrogens is 224 g/mol. The number of thiocarbonyl (C=S) groups is 1. The lowest BCUT2D eigenvalue weighted by atomic mass is 10.0. The van der Waals surface area contributed by atoms with Gasteiger partial charge in [0.1, 0.15) is 0 Å². The molecular formula is C7H10N2O3S2. The zero-order chi connectivity index (χ0) is 10.2. The monoisotopic (exact) mass is 234 g/mol. The van der Waals surface area contributed by atoms with Crippen LogP contribution in [0.5, 0.6) is 0 Å². The summed E-state index contributed by atoms with van der Waals surface area (Å²) in [5, 5.41) is 7.52. The van der Waals surface area contributed by atoms with E-state index in [1.54, 1.807) is 0 Å². The topological polar surface area (TPSA) is 68.1 Å². The highest BCUT2D eigenvalue weighted by Gasteiger charge is 2.31. The SMILES string of the molecule is O=S1(=O)CCC(CC2N=NC(=S)O2)C1. The van der Waals surface area contributed by atoms with Gasteiger partial charge >= 0.3 is 5.17 Å². The molecule has 0 aromatic rings. The van der Waals surface area contributed by atoms with Gasteiger partial charge in [-0.3, -0.25) is 0 Å². The Kier molecular flexibility index (Phi) is 2.52. The summed E-state index contributed by atoms with van der Waals surface area (Å²) in [4.78, 5) is 0. The molecule has 0 radical (unpaired) electrons. The van der Waals surface area contributed by atoms with Gasteiger partial charge in [0.05, 0.1) is 11.5 Å². The Balaban J connectivity index is 1.88. The van der Waals surface area contributed by atoms with E-state index in [4.69, 9.17) is 4.74 Å². The fourth-order valence-corrected chi connectivity index (χ4v) is 3.75. The standard InChI is InChI=1S/C7H10N2O3S2/c10-14(11)2-1-5(4-14)3-6-8-9-7(13)12-6/h5-6H,1-4H2. The van der Waals surface area contributed by atoms with Crippen LogP contribution in [0.25, 0.3) is 0 Å². The van der Waals surface area contributed by atoms with Crippen molar-refractivity contribution in [1.29, 1.82) is 0 Å². The summed E-state index contributed by atoms with van der Waals surface area (Å²) in [6.07, 6.45) is 0.939. The first-order valence-electron chi connectivity index (χ1n) is 4.37. The van der Waals surface area contributed by atoms with Crippen LogP contribution >= 0.6 is 12.2 Å². The molecule has 2 unspecified atom stereocenters. The van der Waals surface area contributed by atoms with Crippen molar-refractivity contribution < 1.29 is 13.2 Å². The van der Waals surface area contributed by atoms with Gasteiger partial charge in [0.2, 0.25) is 6.23 Å². The molecule has 7 heteroatoms. The predicted molar refractivity (Wildman–Crippen MR) is 53.7 cm³/mol. The van der Waals surface area contributed by atoms with Crippen LogP contribution in [0, 0.1) is 5.92 Å². The first-order chi connectivity index (χ1) is 6.55. The van der Waals surface area contributed by atoms with E-state index in [0.29, 0.717) is 12.8 Å². The van der Waals surface area contributed by atoms with E-state index in [1.807, 2.05) is 0 Å². The normalized spacial score (nSPS) is 34.7. The molecule has 2 aliphatic rings. The van der Waals surface area contributed by atoms with Crippen molar-refractivity contribution in [3.63, 3.8) is 0 Å². The number of nitrogens with zero attached hydrogens (tertiary/aromatic N) is 2. The Morgan fingerprint density at radius 3 is 2.86 bits per heavy atom. The first kappa shape index (κ1) is 9.97. The lowest BCUT2D eigenvalue weighted by molar-refractivity contribution is 0.189. The van der Waals surface area contributed by atoms with Gasteiger partial charge in [0.15, 0.2) is 9.84 Å². The van der Waals surface area contributed by atoms with Crippen molar-refractivity contribution in [3.05, 3.63) is 0 Å². The third kappa shape index (κ3) is 2.27.